The van der Waals surface area contributed by atoms with Gasteiger partial charge in [-0.1, -0.05) is 0 Å². The number of hydrogen-bond donors (Lipinski definition) is 6. The molecule has 0 saturated carbocycles. The third kappa shape index (κ3) is 10.6. The minimum absolute atomic E-state index is 0.268. The Labute approximate surface area is 214 Å². The van der Waals surface area contributed by atoms with Crippen LogP contribution in [-0.2, 0) is 20.9 Å². The number of aliphatic carboxylic acids is 1. The number of carbonyl (C=O) groups is 3. The number of rotatable bonds is 18. The molecule has 14 nitrogen and oxygen atoms in total. The number of amides is 2. The first-order valence-corrected chi connectivity index (χ1v) is 12.6. The van der Waals surface area contributed by atoms with Crippen molar-refractivity contribution in [1.29, 1.82) is 0 Å². The molecule has 0 saturated heterocycles. The normalized spacial score (nSPS) is 12.7. The maximum absolute atomic E-state index is 12.2. The lowest BCUT2D eigenvalue weighted by Crippen LogP contribution is -2.48. The number of fused-ring (bicyclic) bond motifs is 1. The molecule has 2 rings (SSSR count). The number of nitrogens with zero attached hydrogens (tertiary/aromatic N) is 3. The second-order valence-electron chi connectivity index (χ2n) is 8.75. The summed E-state index contributed by atoms with van der Waals surface area (Å²) in [5.74, 6) is -1.60. The summed E-state index contributed by atoms with van der Waals surface area (Å²) in [6, 6.07) is -1.80. The Morgan fingerprint density at radius 2 is 1.86 bits per heavy atom. The summed E-state index contributed by atoms with van der Waals surface area (Å²) < 4.78 is 6.98. The first-order chi connectivity index (χ1) is 17.8. The molecule has 0 aliphatic rings. The van der Waals surface area contributed by atoms with Crippen LogP contribution in [0.2, 0.25) is 0 Å². The molecule has 0 spiro atoms. The van der Waals surface area contributed by atoms with E-state index in [1.165, 1.54) is 6.33 Å². The Kier molecular flexibility index (Phi) is 13.1. The summed E-state index contributed by atoms with van der Waals surface area (Å²) in [4.78, 5) is 57.6. The molecule has 2 heterocycles. The van der Waals surface area contributed by atoms with E-state index in [1.54, 1.807) is 6.33 Å². The van der Waals surface area contributed by atoms with E-state index in [4.69, 9.17) is 16.2 Å². The number of nitrogens with two attached hydrogens (primary N) is 2. The van der Waals surface area contributed by atoms with Crippen LogP contribution in [0, 0.1) is 0 Å². The van der Waals surface area contributed by atoms with E-state index in [0.29, 0.717) is 75.7 Å². The van der Waals surface area contributed by atoms with E-state index >= 15 is 0 Å². The van der Waals surface area contributed by atoms with Gasteiger partial charge in [0.05, 0.1) is 25.3 Å². The number of imidazole rings is 1. The summed E-state index contributed by atoms with van der Waals surface area (Å²) in [6.45, 7) is 1.79. The zero-order chi connectivity index (χ0) is 27.0. The van der Waals surface area contributed by atoms with Crippen molar-refractivity contribution in [2.24, 2.45) is 11.5 Å². The highest BCUT2D eigenvalue weighted by molar-refractivity contribution is 5.86. The average Bonchev–Trinajstić information content (AvgIpc) is 3.29. The van der Waals surface area contributed by atoms with Gasteiger partial charge in [-0.2, -0.15) is 0 Å². The molecular weight excluding hydrogens is 484 g/mol. The second-order valence-corrected chi connectivity index (χ2v) is 8.75. The van der Waals surface area contributed by atoms with Crippen LogP contribution in [0.1, 0.15) is 57.8 Å². The molecule has 14 heteroatoms. The number of unbranched alkanes of at least 4 members (excludes halogenated alkanes) is 4. The molecule has 0 unspecified atom stereocenters. The Morgan fingerprint density at radius 1 is 1.08 bits per heavy atom. The molecule has 0 radical (unpaired) electrons. The van der Waals surface area contributed by atoms with Crippen molar-refractivity contribution in [3.8, 4) is 0 Å². The number of ether oxygens (including phenoxy) is 1. The average molecular weight is 523 g/mol. The van der Waals surface area contributed by atoms with E-state index in [9.17, 15) is 24.3 Å². The largest absolute Gasteiger partial charge is 0.480 e. The van der Waals surface area contributed by atoms with Gasteiger partial charge in [0.25, 0.3) is 5.56 Å². The van der Waals surface area contributed by atoms with Gasteiger partial charge >= 0.3 is 12.1 Å². The van der Waals surface area contributed by atoms with E-state index in [2.05, 4.69) is 25.6 Å². The van der Waals surface area contributed by atoms with Crippen molar-refractivity contribution in [3.63, 3.8) is 0 Å². The highest BCUT2D eigenvalue weighted by Gasteiger charge is 2.22. The smallest absolute Gasteiger partial charge is 0.407 e. The lowest BCUT2D eigenvalue weighted by atomic mass is 10.1. The number of aromatic nitrogens is 4. The third-order valence-electron chi connectivity index (χ3n) is 5.79. The molecule has 0 bridgehead atoms. The first kappa shape index (κ1) is 29.7. The number of aromatic amines is 1. The van der Waals surface area contributed by atoms with Gasteiger partial charge in [-0.25, -0.2) is 19.6 Å². The Hall–Kier alpha value is -3.52. The number of aryl methyl sites for hydroxylation is 1. The van der Waals surface area contributed by atoms with Crippen molar-refractivity contribution >= 4 is 29.1 Å². The molecule has 8 N–H and O–H groups in total. The number of hydrogen-bond acceptors (Lipinski definition) is 9. The molecular formula is C23H38N8O6. The van der Waals surface area contributed by atoms with Crippen LogP contribution >= 0.6 is 0 Å². The van der Waals surface area contributed by atoms with Crippen molar-refractivity contribution in [2.45, 2.75) is 76.4 Å². The van der Waals surface area contributed by atoms with Crippen LogP contribution in [0.5, 0.6) is 0 Å². The monoisotopic (exact) mass is 522 g/mol. The fourth-order valence-corrected chi connectivity index (χ4v) is 3.67. The molecule has 2 aromatic heterocycles. The summed E-state index contributed by atoms with van der Waals surface area (Å²) in [5.41, 5.74) is 11.9. The van der Waals surface area contributed by atoms with Crippen molar-refractivity contribution in [3.05, 3.63) is 23.0 Å². The topological polar surface area (TPSA) is 220 Å². The van der Waals surface area contributed by atoms with Gasteiger partial charge in [0.2, 0.25) is 5.91 Å². The number of nitrogens with one attached hydrogen (secondary N) is 3. The molecule has 37 heavy (non-hydrogen) atoms. The minimum atomic E-state index is -1.10. The first-order valence-electron chi connectivity index (χ1n) is 12.6. The number of carboxylic acids is 1. The van der Waals surface area contributed by atoms with Gasteiger partial charge in [-0.15, -0.1) is 0 Å². The van der Waals surface area contributed by atoms with Gasteiger partial charge in [-0.05, 0) is 64.3 Å². The minimum Gasteiger partial charge on any atom is -0.480 e. The van der Waals surface area contributed by atoms with E-state index in [-0.39, 0.29) is 12.2 Å². The Bertz CT molecular complexity index is 1060. The summed E-state index contributed by atoms with van der Waals surface area (Å²) in [6.07, 6.45) is 7.93. The predicted octanol–water partition coefficient (Wildman–Crippen LogP) is 0.212. The SMILES string of the molecule is NCCCC[C@H](NC(=O)[C@@H](N)CCCCNC(=O)OCCCCCn1cnc2c(=O)[nH]cnc21)C(=O)O. The lowest BCUT2D eigenvalue weighted by Gasteiger charge is -2.17. The molecule has 0 aliphatic carbocycles. The van der Waals surface area contributed by atoms with Gasteiger partial charge < -0.3 is 41.5 Å². The van der Waals surface area contributed by atoms with E-state index in [0.717, 1.165) is 12.8 Å². The number of carboxylic acid groups (broad SMARTS) is 1. The quantitative estimate of drug-likeness (QED) is 0.146. The van der Waals surface area contributed by atoms with Crippen molar-refractivity contribution < 1.29 is 24.2 Å². The summed E-state index contributed by atoms with van der Waals surface area (Å²) in [7, 11) is 0. The fraction of sp³-hybridized carbons (Fsp3) is 0.652. The van der Waals surface area contributed by atoms with Crippen LogP contribution < -0.4 is 27.7 Å². The molecule has 2 amide bonds. The van der Waals surface area contributed by atoms with Crippen molar-refractivity contribution in [2.75, 3.05) is 19.7 Å². The zero-order valence-corrected chi connectivity index (χ0v) is 21.0. The highest BCUT2D eigenvalue weighted by Crippen LogP contribution is 2.07. The van der Waals surface area contributed by atoms with E-state index in [1.807, 2.05) is 4.57 Å². The van der Waals surface area contributed by atoms with Gasteiger partial charge in [0.1, 0.15) is 6.04 Å². The maximum atomic E-state index is 12.2. The Morgan fingerprint density at radius 3 is 2.62 bits per heavy atom. The summed E-state index contributed by atoms with van der Waals surface area (Å²) in [5, 5.41) is 14.4. The standard InChI is InChI=1S/C23H38N8O6/c24-10-4-2-9-17(22(34)35)30-20(32)16(25)8-3-5-11-26-23(36)37-13-7-1-6-12-31-15-29-18-19(31)27-14-28-21(18)33/h14-17H,1-13,24-25H2,(H,26,36)(H,30,32)(H,34,35)(H,27,28,33)/t16-,17-/m0/s1. The number of carbonyl (C=O) groups excluding carboxylic acids is 2. The fourth-order valence-electron chi connectivity index (χ4n) is 3.67. The molecule has 0 fully saturated rings. The lowest BCUT2D eigenvalue weighted by molar-refractivity contribution is -0.142. The molecule has 2 atom stereocenters. The van der Waals surface area contributed by atoms with E-state index < -0.39 is 30.1 Å². The molecule has 206 valence electrons. The number of alkyl carbamates (subject to hydrolysis) is 1. The maximum Gasteiger partial charge on any atom is 0.407 e. The second kappa shape index (κ2) is 16.3. The molecule has 2 aromatic rings. The molecule has 0 aliphatic heterocycles. The number of H-pyrrole nitrogens is 1. The van der Waals surface area contributed by atoms with Gasteiger partial charge in [0.15, 0.2) is 11.2 Å². The van der Waals surface area contributed by atoms with Crippen LogP contribution in [0.3, 0.4) is 0 Å². The van der Waals surface area contributed by atoms with Crippen LogP contribution in [0.15, 0.2) is 17.4 Å². The predicted molar refractivity (Wildman–Crippen MR) is 136 cm³/mol. The zero-order valence-electron chi connectivity index (χ0n) is 21.0. The van der Waals surface area contributed by atoms with Crippen LogP contribution in [-0.4, -0.2) is 74.4 Å². The van der Waals surface area contributed by atoms with Gasteiger partial charge in [-0.3, -0.25) is 9.59 Å². The highest BCUT2D eigenvalue weighted by atomic mass is 16.5. The van der Waals surface area contributed by atoms with Crippen LogP contribution in [0.4, 0.5) is 4.79 Å². The van der Waals surface area contributed by atoms with Gasteiger partial charge in [0, 0.05) is 13.1 Å². The Balaban J connectivity index is 1.50. The third-order valence-corrected chi connectivity index (χ3v) is 5.79. The molecule has 0 aromatic carbocycles. The van der Waals surface area contributed by atoms with Crippen molar-refractivity contribution in [1.82, 2.24) is 30.2 Å². The summed E-state index contributed by atoms with van der Waals surface area (Å²) >= 11 is 0. The van der Waals surface area contributed by atoms with Crippen LogP contribution in [0.25, 0.3) is 11.2 Å².